The third kappa shape index (κ3) is 5.33. The zero-order valence-corrected chi connectivity index (χ0v) is 12.0. The summed E-state index contributed by atoms with van der Waals surface area (Å²) in [6.07, 6.45) is -0.655. The molecule has 124 valence electrons. The van der Waals surface area contributed by atoms with Crippen LogP contribution in [0.1, 0.15) is 16.1 Å². The molecule has 0 aromatic carbocycles. The smallest absolute Gasteiger partial charge is 0.378 e. The Morgan fingerprint density at radius 2 is 2.13 bits per heavy atom. The highest BCUT2D eigenvalue weighted by Crippen LogP contribution is 2.27. The van der Waals surface area contributed by atoms with Crippen molar-refractivity contribution >= 4 is 5.91 Å². The van der Waals surface area contributed by atoms with Crippen LogP contribution >= 0.6 is 0 Å². The van der Waals surface area contributed by atoms with Crippen molar-refractivity contribution in [3.8, 4) is 0 Å². The number of nitrogens with one attached hydrogen (secondary N) is 1. The molecule has 23 heavy (non-hydrogen) atoms. The number of ether oxygens (including phenoxy) is 1. The number of aromatic nitrogens is 4. The maximum Gasteiger partial charge on any atom is 0.433 e. The lowest BCUT2D eigenvalue weighted by atomic mass is 10.2. The van der Waals surface area contributed by atoms with E-state index in [0.29, 0.717) is 13.2 Å². The molecule has 0 aliphatic heterocycles. The number of hydrogen-bond acceptors (Lipinski definition) is 5. The zero-order valence-electron chi connectivity index (χ0n) is 12.0. The van der Waals surface area contributed by atoms with E-state index in [1.54, 1.807) is 11.0 Å². The molecular formula is C13H14F3N5O2. The van der Waals surface area contributed by atoms with Gasteiger partial charge in [-0.05, 0) is 12.1 Å². The molecule has 0 saturated carbocycles. The Morgan fingerprint density at radius 3 is 2.74 bits per heavy atom. The number of amides is 1. The first-order chi connectivity index (χ1) is 11.0. The minimum Gasteiger partial charge on any atom is -0.378 e. The Labute approximate surface area is 129 Å². The Hall–Kier alpha value is -2.49. The van der Waals surface area contributed by atoms with E-state index in [1.807, 2.05) is 0 Å². The number of carbonyl (C=O) groups is 1. The molecule has 2 aromatic rings. The van der Waals surface area contributed by atoms with Crippen LogP contribution in [0.25, 0.3) is 0 Å². The number of rotatable bonds is 7. The van der Waals surface area contributed by atoms with Crippen molar-refractivity contribution in [2.75, 3.05) is 19.8 Å². The number of alkyl halides is 3. The molecular weight excluding hydrogens is 315 g/mol. The van der Waals surface area contributed by atoms with E-state index in [9.17, 15) is 18.0 Å². The third-order valence-corrected chi connectivity index (χ3v) is 2.78. The molecule has 0 fully saturated rings. The van der Waals surface area contributed by atoms with Crippen LogP contribution in [0, 0.1) is 0 Å². The highest BCUT2D eigenvalue weighted by atomic mass is 19.4. The number of nitrogens with zero attached hydrogens (tertiary/aromatic N) is 4. The maximum absolute atomic E-state index is 12.4. The van der Waals surface area contributed by atoms with Gasteiger partial charge in [0.1, 0.15) is 18.3 Å². The molecule has 2 aromatic heterocycles. The lowest BCUT2D eigenvalue weighted by molar-refractivity contribution is -0.141. The number of carbonyl (C=O) groups excluding carboxylic acids is 1. The molecule has 0 aliphatic rings. The highest BCUT2D eigenvalue weighted by molar-refractivity contribution is 5.93. The Morgan fingerprint density at radius 1 is 1.30 bits per heavy atom. The van der Waals surface area contributed by atoms with Gasteiger partial charge >= 0.3 is 6.18 Å². The van der Waals surface area contributed by atoms with E-state index in [1.165, 1.54) is 6.33 Å². The van der Waals surface area contributed by atoms with Gasteiger partial charge in [0.15, 0.2) is 0 Å². The van der Waals surface area contributed by atoms with Crippen molar-refractivity contribution < 1.29 is 22.7 Å². The molecule has 0 bridgehead atoms. The second-order valence-electron chi connectivity index (χ2n) is 4.46. The lowest BCUT2D eigenvalue weighted by Crippen LogP contribution is -2.28. The van der Waals surface area contributed by atoms with Crippen molar-refractivity contribution in [2.24, 2.45) is 0 Å². The van der Waals surface area contributed by atoms with Crippen molar-refractivity contribution in [1.82, 2.24) is 25.1 Å². The van der Waals surface area contributed by atoms with Crippen LogP contribution in [0.5, 0.6) is 0 Å². The van der Waals surface area contributed by atoms with Gasteiger partial charge in [0.2, 0.25) is 0 Å². The van der Waals surface area contributed by atoms with Crippen LogP contribution in [0.15, 0.2) is 31.0 Å². The normalized spacial score (nSPS) is 11.4. The molecule has 2 heterocycles. The SMILES string of the molecule is O=C(NCCOCCn1cncn1)c1ccc(C(F)(F)F)nc1. The van der Waals surface area contributed by atoms with E-state index in [-0.39, 0.29) is 18.7 Å². The molecule has 1 N–H and O–H groups in total. The molecule has 2 rings (SSSR count). The highest BCUT2D eigenvalue weighted by Gasteiger charge is 2.32. The van der Waals surface area contributed by atoms with Crippen LogP contribution in [-0.4, -0.2) is 45.4 Å². The lowest BCUT2D eigenvalue weighted by Gasteiger charge is -2.08. The summed E-state index contributed by atoms with van der Waals surface area (Å²) in [7, 11) is 0. The van der Waals surface area contributed by atoms with Gasteiger partial charge < -0.3 is 10.1 Å². The summed E-state index contributed by atoms with van der Waals surface area (Å²) in [6, 6.07) is 1.85. The number of halogens is 3. The maximum atomic E-state index is 12.4. The van der Waals surface area contributed by atoms with Gasteiger partial charge in [0.05, 0.1) is 25.3 Å². The minimum atomic E-state index is -4.52. The van der Waals surface area contributed by atoms with Gasteiger partial charge in [-0.3, -0.25) is 14.5 Å². The third-order valence-electron chi connectivity index (χ3n) is 2.78. The van der Waals surface area contributed by atoms with Gasteiger partial charge in [0, 0.05) is 12.7 Å². The van der Waals surface area contributed by atoms with E-state index in [4.69, 9.17) is 4.74 Å². The van der Waals surface area contributed by atoms with E-state index in [0.717, 1.165) is 18.3 Å². The minimum absolute atomic E-state index is 0.0561. The Bertz CT molecular complexity index is 614. The van der Waals surface area contributed by atoms with Gasteiger partial charge in [-0.2, -0.15) is 18.3 Å². The van der Waals surface area contributed by atoms with Crippen LogP contribution < -0.4 is 5.32 Å². The average Bonchev–Trinajstić information content (AvgIpc) is 3.03. The molecule has 0 unspecified atom stereocenters. The summed E-state index contributed by atoms with van der Waals surface area (Å²) in [6.45, 7) is 1.45. The average molecular weight is 329 g/mol. The Balaban J connectivity index is 1.66. The zero-order chi connectivity index (χ0) is 16.7. The molecule has 0 atom stereocenters. The fourth-order valence-electron chi connectivity index (χ4n) is 1.64. The monoisotopic (exact) mass is 329 g/mol. The number of pyridine rings is 1. The first-order valence-corrected chi connectivity index (χ1v) is 6.68. The molecule has 1 amide bonds. The van der Waals surface area contributed by atoms with Crippen molar-refractivity contribution in [3.05, 3.63) is 42.2 Å². The summed E-state index contributed by atoms with van der Waals surface area (Å²) in [5.74, 6) is -0.508. The van der Waals surface area contributed by atoms with Crippen molar-refractivity contribution in [3.63, 3.8) is 0 Å². The summed E-state index contributed by atoms with van der Waals surface area (Å²) in [4.78, 5) is 18.7. The van der Waals surface area contributed by atoms with Crippen LogP contribution in [-0.2, 0) is 17.5 Å². The fourth-order valence-corrected chi connectivity index (χ4v) is 1.64. The topological polar surface area (TPSA) is 81.9 Å². The summed E-state index contributed by atoms with van der Waals surface area (Å²) in [5.41, 5.74) is -0.980. The largest absolute Gasteiger partial charge is 0.433 e. The molecule has 10 heteroatoms. The van der Waals surface area contributed by atoms with Crippen LogP contribution in [0.2, 0.25) is 0 Å². The summed E-state index contributed by atoms with van der Waals surface area (Å²) < 4.78 is 44.0. The fraction of sp³-hybridized carbons (Fsp3) is 0.385. The predicted octanol–water partition coefficient (Wildman–Crippen LogP) is 1.14. The quantitative estimate of drug-likeness (QED) is 0.770. The summed E-state index contributed by atoms with van der Waals surface area (Å²) >= 11 is 0. The van der Waals surface area contributed by atoms with Crippen molar-refractivity contribution in [1.29, 1.82) is 0 Å². The first-order valence-electron chi connectivity index (χ1n) is 6.68. The standard InChI is InChI=1S/C13H14F3N5O2/c14-13(15,16)11-2-1-10(7-19-11)12(22)18-3-5-23-6-4-21-9-17-8-20-21/h1-2,7-9H,3-6H2,(H,18,22). The molecule has 0 spiro atoms. The molecule has 7 nitrogen and oxygen atoms in total. The Kier molecular flexibility index (Phi) is 5.63. The second kappa shape index (κ2) is 7.68. The van der Waals surface area contributed by atoms with Gasteiger partial charge in [-0.25, -0.2) is 4.98 Å². The van der Waals surface area contributed by atoms with Crippen LogP contribution in [0.4, 0.5) is 13.2 Å². The van der Waals surface area contributed by atoms with Gasteiger partial charge in [-0.15, -0.1) is 0 Å². The molecule has 0 aliphatic carbocycles. The van der Waals surface area contributed by atoms with Crippen LogP contribution in [0.3, 0.4) is 0 Å². The second-order valence-corrected chi connectivity index (χ2v) is 4.46. The predicted molar refractivity (Wildman–Crippen MR) is 72.4 cm³/mol. The van der Waals surface area contributed by atoms with Gasteiger partial charge in [0.25, 0.3) is 5.91 Å². The number of hydrogen-bond donors (Lipinski definition) is 1. The van der Waals surface area contributed by atoms with E-state index in [2.05, 4.69) is 20.4 Å². The van der Waals surface area contributed by atoms with Crippen molar-refractivity contribution in [2.45, 2.75) is 12.7 Å². The van der Waals surface area contributed by atoms with E-state index >= 15 is 0 Å². The molecule has 0 saturated heterocycles. The molecule has 0 radical (unpaired) electrons. The first kappa shape index (κ1) is 16.9. The summed E-state index contributed by atoms with van der Waals surface area (Å²) in [5, 5.41) is 6.43. The van der Waals surface area contributed by atoms with E-state index < -0.39 is 17.8 Å². The van der Waals surface area contributed by atoms with Gasteiger partial charge in [-0.1, -0.05) is 0 Å².